The van der Waals surface area contributed by atoms with Crippen LogP contribution in [0, 0.1) is 0 Å². The quantitative estimate of drug-likeness (QED) is 0.322. The predicted octanol–water partition coefficient (Wildman–Crippen LogP) is 0.917. The number of rotatable bonds is 6. The van der Waals surface area contributed by atoms with E-state index in [0.717, 1.165) is 5.56 Å². The summed E-state index contributed by atoms with van der Waals surface area (Å²) >= 11 is 0. The summed E-state index contributed by atoms with van der Waals surface area (Å²) < 4.78 is 23.4. The number of aromatic nitrogens is 4. The van der Waals surface area contributed by atoms with Crippen LogP contribution in [-0.2, 0) is 13.8 Å². The molecule has 0 saturated carbocycles. The Morgan fingerprint density at radius 1 is 1.33 bits per heavy atom. The Morgan fingerprint density at radius 3 is 2.80 bits per heavy atom. The van der Waals surface area contributed by atoms with Crippen molar-refractivity contribution in [2.45, 2.75) is 24.9 Å². The van der Waals surface area contributed by atoms with Crippen LogP contribution in [0.1, 0.15) is 18.2 Å². The fourth-order valence-electron chi connectivity index (χ4n) is 3.25. The van der Waals surface area contributed by atoms with Crippen molar-refractivity contribution in [1.82, 2.24) is 19.5 Å². The Balaban J connectivity index is 1.75. The smallest absolute Gasteiger partial charge is 0.394 e. The van der Waals surface area contributed by atoms with Crippen LogP contribution < -0.4 is 5.73 Å². The number of imidazole rings is 1. The van der Waals surface area contributed by atoms with E-state index in [1.807, 2.05) is 30.3 Å². The van der Waals surface area contributed by atoms with Crippen molar-refractivity contribution in [1.29, 1.82) is 0 Å². The van der Waals surface area contributed by atoms with Crippen molar-refractivity contribution in [2.24, 2.45) is 4.99 Å². The van der Waals surface area contributed by atoms with Gasteiger partial charge in [-0.3, -0.25) is 9.09 Å². The molecule has 0 amide bonds. The second-order valence-corrected chi connectivity index (χ2v) is 7.76. The highest BCUT2D eigenvalue weighted by atomic mass is 31.2. The molecule has 0 bridgehead atoms. The van der Waals surface area contributed by atoms with E-state index >= 15 is 0 Å². The first kappa shape index (κ1) is 20.5. The molecule has 1 aromatic carbocycles. The normalized spacial score (nSPS) is 22.3. The Hall–Kier alpha value is -2.73. The minimum absolute atomic E-state index is 0.0273. The van der Waals surface area contributed by atoms with E-state index in [-0.39, 0.29) is 18.2 Å². The van der Waals surface area contributed by atoms with Crippen LogP contribution in [0.2, 0.25) is 0 Å². The van der Waals surface area contributed by atoms with Crippen LogP contribution in [-0.4, -0.2) is 59.4 Å². The molecule has 1 fully saturated rings. The summed E-state index contributed by atoms with van der Waals surface area (Å²) in [6.45, 7) is -0.493. The molecule has 1 aliphatic heterocycles. The largest absolute Gasteiger partial charge is 0.469 e. The Bertz CT molecular complexity index is 1120. The van der Waals surface area contributed by atoms with E-state index < -0.39 is 32.9 Å². The van der Waals surface area contributed by atoms with Crippen molar-refractivity contribution in [3.8, 4) is 0 Å². The average Bonchev–Trinajstić information content (AvgIpc) is 3.27. The zero-order valence-electron chi connectivity index (χ0n) is 15.5. The summed E-state index contributed by atoms with van der Waals surface area (Å²) in [7, 11) is -4.78. The minimum atomic E-state index is -4.78. The van der Waals surface area contributed by atoms with Crippen molar-refractivity contribution in [2.75, 3.05) is 12.3 Å². The Morgan fingerprint density at radius 2 is 2.10 bits per heavy atom. The van der Waals surface area contributed by atoms with Crippen LogP contribution >= 0.6 is 7.82 Å². The zero-order valence-corrected chi connectivity index (χ0v) is 16.4. The molecule has 3 atom stereocenters. The second kappa shape index (κ2) is 8.19. The average molecular weight is 434 g/mol. The summed E-state index contributed by atoms with van der Waals surface area (Å²) in [6.07, 6.45) is 0.0978. The first-order valence-corrected chi connectivity index (χ1v) is 10.5. The number of benzene rings is 1. The lowest BCUT2D eigenvalue weighted by Gasteiger charge is -2.16. The van der Waals surface area contributed by atoms with Gasteiger partial charge in [-0.1, -0.05) is 30.3 Å². The van der Waals surface area contributed by atoms with Gasteiger partial charge in [0, 0.05) is 12.6 Å². The lowest BCUT2D eigenvalue weighted by molar-refractivity contribution is -0.0420. The summed E-state index contributed by atoms with van der Waals surface area (Å²) in [6, 6.07) is 9.34. The van der Waals surface area contributed by atoms with Crippen LogP contribution in [0.15, 0.2) is 41.7 Å². The molecule has 4 rings (SSSR count). The molecule has 0 aliphatic carbocycles. The number of aliphatic hydroxyl groups excluding tert-OH is 1. The maximum atomic E-state index is 11.3. The summed E-state index contributed by atoms with van der Waals surface area (Å²) in [4.78, 5) is 35.3. The maximum Gasteiger partial charge on any atom is 0.469 e. The molecular formula is C17H19N6O6P. The number of fused-ring (bicyclic) bond motifs is 1. The van der Waals surface area contributed by atoms with Gasteiger partial charge in [-0.15, -0.1) is 0 Å². The number of phosphoric ester groups is 1. The number of anilines is 1. The number of nitrogens with two attached hydrogens (primary N) is 1. The highest BCUT2D eigenvalue weighted by molar-refractivity contribution is 7.46. The van der Waals surface area contributed by atoms with E-state index in [2.05, 4.69) is 19.9 Å². The van der Waals surface area contributed by atoms with Gasteiger partial charge in [0.25, 0.3) is 0 Å². The van der Waals surface area contributed by atoms with Crippen LogP contribution in [0.25, 0.3) is 11.2 Å². The van der Waals surface area contributed by atoms with Gasteiger partial charge in [-0.05, 0) is 5.56 Å². The number of hydrogen-bond acceptors (Lipinski definition) is 9. The van der Waals surface area contributed by atoms with E-state index in [1.165, 1.54) is 6.33 Å². The third kappa shape index (κ3) is 4.24. The summed E-state index contributed by atoms with van der Waals surface area (Å²) in [5.41, 5.74) is 7.39. The Kier molecular flexibility index (Phi) is 5.60. The molecule has 3 aromatic rings. The van der Waals surface area contributed by atoms with Crippen LogP contribution in [0.5, 0.6) is 0 Å². The Labute approximate surface area is 170 Å². The number of aliphatic imine (C=N–C) groups is 1. The zero-order chi connectivity index (χ0) is 21.3. The van der Waals surface area contributed by atoms with E-state index in [4.69, 9.17) is 24.8 Å². The molecule has 13 heteroatoms. The third-order valence-electron chi connectivity index (χ3n) is 4.54. The van der Waals surface area contributed by atoms with Crippen molar-refractivity contribution in [3.05, 3.63) is 42.2 Å². The monoisotopic (exact) mass is 434 g/mol. The van der Waals surface area contributed by atoms with E-state index in [1.54, 1.807) is 10.8 Å². The van der Waals surface area contributed by atoms with Crippen LogP contribution in [0.4, 0.5) is 11.8 Å². The molecule has 2 aromatic heterocycles. The lowest BCUT2D eigenvalue weighted by Crippen LogP contribution is -2.26. The fourth-order valence-corrected chi connectivity index (χ4v) is 3.83. The molecule has 1 aliphatic rings. The van der Waals surface area contributed by atoms with Gasteiger partial charge in [0.15, 0.2) is 17.0 Å². The van der Waals surface area contributed by atoms with Gasteiger partial charge >= 0.3 is 7.82 Å². The number of hydrogen-bond donors (Lipinski definition) is 4. The summed E-state index contributed by atoms with van der Waals surface area (Å²) in [5.74, 6) is 0.356. The third-order valence-corrected chi connectivity index (χ3v) is 5.08. The number of ether oxygens (including phenoxy) is 1. The van der Waals surface area contributed by atoms with Gasteiger partial charge in [-0.25, -0.2) is 24.5 Å². The lowest BCUT2D eigenvalue weighted by atomic mass is 10.2. The number of aliphatic hydroxyl groups is 1. The minimum Gasteiger partial charge on any atom is -0.394 e. The molecular weight excluding hydrogens is 415 g/mol. The predicted molar refractivity (Wildman–Crippen MR) is 106 cm³/mol. The number of phosphoric acid groups is 1. The summed E-state index contributed by atoms with van der Waals surface area (Å²) in [5, 5.41) is 9.57. The molecule has 1 saturated heterocycles. The topological polar surface area (TPSA) is 178 Å². The molecule has 3 heterocycles. The van der Waals surface area contributed by atoms with Gasteiger partial charge in [0.2, 0.25) is 5.95 Å². The van der Waals surface area contributed by atoms with Crippen LogP contribution in [0.3, 0.4) is 0 Å². The molecule has 5 N–H and O–H groups in total. The van der Waals surface area contributed by atoms with Crippen molar-refractivity contribution in [3.63, 3.8) is 0 Å². The second-order valence-electron chi connectivity index (χ2n) is 6.56. The van der Waals surface area contributed by atoms with Crippen molar-refractivity contribution >= 4 is 37.0 Å². The van der Waals surface area contributed by atoms with E-state index in [9.17, 15) is 9.67 Å². The molecule has 0 unspecified atom stereocenters. The highest BCUT2D eigenvalue weighted by Crippen LogP contribution is 2.44. The standard InChI is InChI=1S/C17H19N6O6P/c18-15-14-16(21-9-20-15)23(17(22-14)19-7-10-4-2-1-3-5-10)13-6-11(12(8-24)28-13)29-30(25,26)27/h1-5,7,9,11-13,24H,6,8H2,(H2,18,20,21)(H2,25,26,27)/b19-7+/t11-,12+,13+/m0/s1. The molecule has 0 radical (unpaired) electrons. The first-order valence-electron chi connectivity index (χ1n) is 8.93. The van der Waals surface area contributed by atoms with Gasteiger partial charge < -0.3 is 25.4 Å². The van der Waals surface area contributed by atoms with E-state index in [0.29, 0.717) is 11.2 Å². The SMILES string of the molecule is Nc1ncnc2c1nc(/N=C/c1ccccc1)n2[C@H]1C[C@H](OP(=O)(O)O)[C@@H](CO)O1. The van der Waals surface area contributed by atoms with Gasteiger partial charge in [-0.2, -0.15) is 0 Å². The highest BCUT2D eigenvalue weighted by Gasteiger charge is 2.41. The fraction of sp³-hybridized carbons (Fsp3) is 0.294. The molecule has 30 heavy (non-hydrogen) atoms. The number of nitrogen functional groups attached to an aromatic ring is 1. The molecule has 0 spiro atoms. The molecule has 158 valence electrons. The van der Waals surface area contributed by atoms with Gasteiger partial charge in [0.1, 0.15) is 24.8 Å². The maximum absolute atomic E-state index is 11.3. The molecule has 12 nitrogen and oxygen atoms in total. The number of nitrogens with zero attached hydrogens (tertiary/aromatic N) is 5. The van der Waals surface area contributed by atoms with Gasteiger partial charge in [0.05, 0.1) is 6.61 Å². The van der Waals surface area contributed by atoms with Crippen molar-refractivity contribution < 1.29 is 28.7 Å². The first-order chi connectivity index (χ1) is 14.4.